The minimum atomic E-state index is -0.0757. The Morgan fingerprint density at radius 3 is 2.43 bits per heavy atom. The summed E-state index contributed by atoms with van der Waals surface area (Å²) in [5.74, 6) is 1.61. The molecule has 0 aliphatic carbocycles. The number of nitrogens with one attached hydrogen (secondary N) is 1. The van der Waals surface area contributed by atoms with Crippen LogP contribution in [0.15, 0.2) is 42.5 Å². The summed E-state index contributed by atoms with van der Waals surface area (Å²) in [4.78, 5) is 16.9. The minimum absolute atomic E-state index is 0.0757. The lowest BCUT2D eigenvalue weighted by Crippen LogP contribution is -2.50. The van der Waals surface area contributed by atoms with Gasteiger partial charge in [0, 0.05) is 32.7 Å². The predicted octanol–water partition coefficient (Wildman–Crippen LogP) is 3.40. The number of rotatable bonds is 6. The number of nitrogens with zero attached hydrogens (tertiary/aromatic N) is 2. The van der Waals surface area contributed by atoms with Gasteiger partial charge in [-0.15, -0.1) is 0 Å². The van der Waals surface area contributed by atoms with E-state index in [9.17, 15) is 4.79 Å². The second kappa shape index (κ2) is 9.46. The van der Waals surface area contributed by atoms with E-state index >= 15 is 0 Å². The van der Waals surface area contributed by atoms with Gasteiger partial charge in [-0.25, -0.2) is 4.79 Å². The molecule has 0 radical (unpaired) electrons. The van der Waals surface area contributed by atoms with Crippen molar-refractivity contribution in [2.24, 2.45) is 0 Å². The van der Waals surface area contributed by atoms with Crippen LogP contribution in [0.25, 0.3) is 0 Å². The molecule has 0 saturated carbocycles. The van der Waals surface area contributed by atoms with E-state index in [2.05, 4.69) is 16.3 Å². The van der Waals surface area contributed by atoms with Crippen LogP contribution in [0.5, 0.6) is 11.5 Å². The number of ether oxygens (including phenoxy) is 2. The third-order valence-electron chi connectivity index (χ3n) is 5.15. The standard InChI is InChI=1S/C22H29N3O3/c1-17-8-9-21(28-3)19(16-17)23-22(26)25-14-12-24(13-15-25)11-10-18-6-4-5-7-20(18)27-2/h4-9,16H,10-15H2,1-3H3,(H,23,26). The van der Waals surface area contributed by atoms with Gasteiger partial charge in [0.25, 0.3) is 0 Å². The predicted molar refractivity (Wildman–Crippen MR) is 111 cm³/mol. The lowest BCUT2D eigenvalue weighted by Gasteiger charge is -2.34. The maximum Gasteiger partial charge on any atom is 0.322 e. The highest BCUT2D eigenvalue weighted by Crippen LogP contribution is 2.25. The normalized spacial score (nSPS) is 14.6. The van der Waals surface area contributed by atoms with E-state index in [0.29, 0.717) is 24.5 Å². The monoisotopic (exact) mass is 383 g/mol. The van der Waals surface area contributed by atoms with Crippen LogP contribution >= 0.6 is 0 Å². The topological polar surface area (TPSA) is 54.0 Å². The van der Waals surface area contributed by atoms with E-state index in [1.165, 1.54) is 5.56 Å². The summed E-state index contributed by atoms with van der Waals surface area (Å²) in [5.41, 5.74) is 3.01. The second-order valence-electron chi connectivity index (χ2n) is 7.02. The Morgan fingerprint density at radius 1 is 1.00 bits per heavy atom. The lowest BCUT2D eigenvalue weighted by molar-refractivity contribution is 0.148. The molecule has 3 rings (SSSR count). The summed E-state index contributed by atoms with van der Waals surface area (Å²) in [7, 11) is 3.32. The minimum Gasteiger partial charge on any atom is -0.496 e. The molecule has 150 valence electrons. The van der Waals surface area contributed by atoms with Crippen molar-refractivity contribution in [3.8, 4) is 11.5 Å². The van der Waals surface area contributed by atoms with Crippen LogP contribution in [0.2, 0.25) is 0 Å². The number of carbonyl (C=O) groups is 1. The van der Waals surface area contributed by atoms with Gasteiger partial charge in [0.2, 0.25) is 0 Å². The molecule has 1 heterocycles. The highest BCUT2D eigenvalue weighted by molar-refractivity contribution is 5.91. The molecule has 0 atom stereocenters. The van der Waals surface area contributed by atoms with Crippen molar-refractivity contribution in [1.82, 2.24) is 9.80 Å². The Balaban J connectivity index is 1.50. The molecular formula is C22H29N3O3. The number of urea groups is 1. The van der Waals surface area contributed by atoms with Gasteiger partial charge in [0.1, 0.15) is 11.5 Å². The van der Waals surface area contributed by atoms with E-state index in [4.69, 9.17) is 9.47 Å². The smallest absolute Gasteiger partial charge is 0.322 e. The van der Waals surface area contributed by atoms with Gasteiger partial charge in [0.15, 0.2) is 0 Å². The van der Waals surface area contributed by atoms with Gasteiger partial charge in [-0.2, -0.15) is 0 Å². The molecule has 6 nitrogen and oxygen atoms in total. The van der Waals surface area contributed by atoms with Crippen molar-refractivity contribution in [3.05, 3.63) is 53.6 Å². The fraction of sp³-hybridized carbons (Fsp3) is 0.409. The maximum atomic E-state index is 12.6. The van der Waals surface area contributed by atoms with Crippen LogP contribution < -0.4 is 14.8 Å². The van der Waals surface area contributed by atoms with Crippen LogP contribution in [0.3, 0.4) is 0 Å². The van der Waals surface area contributed by atoms with Gasteiger partial charge in [-0.05, 0) is 42.7 Å². The van der Waals surface area contributed by atoms with E-state index in [1.54, 1.807) is 14.2 Å². The number of hydrogen-bond donors (Lipinski definition) is 1. The van der Waals surface area contributed by atoms with Gasteiger partial charge < -0.3 is 19.7 Å². The second-order valence-corrected chi connectivity index (χ2v) is 7.02. The number of para-hydroxylation sites is 1. The number of carbonyl (C=O) groups excluding carboxylic acids is 1. The van der Waals surface area contributed by atoms with Crippen molar-refractivity contribution >= 4 is 11.7 Å². The fourth-order valence-electron chi connectivity index (χ4n) is 3.48. The number of aryl methyl sites for hydroxylation is 1. The zero-order valence-corrected chi connectivity index (χ0v) is 16.9. The average Bonchev–Trinajstić information content (AvgIpc) is 2.73. The first-order chi connectivity index (χ1) is 13.6. The Hall–Kier alpha value is -2.73. The zero-order valence-electron chi connectivity index (χ0n) is 16.9. The molecule has 2 aromatic carbocycles. The third kappa shape index (κ3) is 4.95. The molecule has 0 unspecified atom stereocenters. The molecule has 0 spiro atoms. The maximum absolute atomic E-state index is 12.6. The van der Waals surface area contributed by atoms with Crippen LogP contribution in [-0.2, 0) is 6.42 Å². The van der Waals surface area contributed by atoms with E-state index in [1.807, 2.05) is 48.2 Å². The number of hydrogen-bond acceptors (Lipinski definition) is 4. The lowest BCUT2D eigenvalue weighted by atomic mass is 10.1. The van der Waals surface area contributed by atoms with Gasteiger partial charge in [0.05, 0.1) is 19.9 Å². The molecule has 1 aliphatic heterocycles. The van der Waals surface area contributed by atoms with Crippen LogP contribution in [0, 0.1) is 6.92 Å². The summed E-state index contributed by atoms with van der Waals surface area (Å²) in [6.07, 6.45) is 0.941. The number of amides is 2. The first-order valence-electron chi connectivity index (χ1n) is 9.65. The third-order valence-corrected chi connectivity index (χ3v) is 5.15. The number of piperazine rings is 1. The van der Waals surface area contributed by atoms with Crippen LogP contribution in [0.4, 0.5) is 10.5 Å². The summed E-state index contributed by atoms with van der Waals surface area (Å²) in [6.45, 7) is 6.12. The summed E-state index contributed by atoms with van der Waals surface area (Å²) in [5, 5.41) is 2.99. The van der Waals surface area contributed by atoms with Crippen molar-refractivity contribution in [1.29, 1.82) is 0 Å². The molecule has 1 aliphatic rings. The molecule has 1 saturated heterocycles. The van der Waals surface area contributed by atoms with Crippen molar-refractivity contribution in [2.45, 2.75) is 13.3 Å². The highest BCUT2D eigenvalue weighted by Gasteiger charge is 2.22. The molecule has 0 aromatic heterocycles. The Kier molecular flexibility index (Phi) is 6.76. The highest BCUT2D eigenvalue weighted by atomic mass is 16.5. The number of methoxy groups -OCH3 is 2. The molecule has 2 aromatic rings. The largest absolute Gasteiger partial charge is 0.496 e. The Labute approximate surface area is 167 Å². The number of benzene rings is 2. The Bertz CT molecular complexity index is 801. The SMILES string of the molecule is COc1ccccc1CCN1CCN(C(=O)Nc2cc(C)ccc2OC)CC1. The van der Waals surface area contributed by atoms with Crippen molar-refractivity contribution < 1.29 is 14.3 Å². The molecular weight excluding hydrogens is 354 g/mol. The molecule has 2 amide bonds. The Morgan fingerprint density at radius 2 is 1.71 bits per heavy atom. The molecule has 1 N–H and O–H groups in total. The van der Waals surface area contributed by atoms with E-state index in [-0.39, 0.29) is 6.03 Å². The van der Waals surface area contributed by atoms with Crippen molar-refractivity contribution in [2.75, 3.05) is 52.3 Å². The van der Waals surface area contributed by atoms with Crippen molar-refractivity contribution in [3.63, 3.8) is 0 Å². The molecule has 0 bridgehead atoms. The van der Waals surface area contributed by atoms with Gasteiger partial charge in [-0.1, -0.05) is 24.3 Å². The average molecular weight is 383 g/mol. The quantitative estimate of drug-likeness (QED) is 0.831. The summed E-state index contributed by atoms with van der Waals surface area (Å²) in [6, 6.07) is 13.8. The fourth-order valence-corrected chi connectivity index (χ4v) is 3.48. The molecule has 1 fully saturated rings. The van der Waals surface area contributed by atoms with Gasteiger partial charge >= 0.3 is 6.03 Å². The molecule has 6 heteroatoms. The molecule has 28 heavy (non-hydrogen) atoms. The first kappa shape index (κ1) is 20.0. The first-order valence-corrected chi connectivity index (χ1v) is 9.65. The van der Waals surface area contributed by atoms with Crippen LogP contribution in [-0.4, -0.2) is 62.8 Å². The zero-order chi connectivity index (χ0) is 19.9. The van der Waals surface area contributed by atoms with E-state index < -0.39 is 0 Å². The number of anilines is 1. The van der Waals surface area contributed by atoms with E-state index in [0.717, 1.165) is 37.4 Å². The summed E-state index contributed by atoms with van der Waals surface area (Å²) < 4.78 is 10.8. The van der Waals surface area contributed by atoms with Crippen LogP contribution in [0.1, 0.15) is 11.1 Å². The van der Waals surface area contributed by atoms with Gasteiger partial charge in [-0.3, -0.25) is 4.90 Å². The summed E-state index contributed by atoms with van der Waals surface area (Å²) >= 11 is 0.